The van der Waals surface area contributed by atoms with Gasteiger partial charge in [0.15, 0.2) is 5.82 Å². The third-order valence-corrected chi connectivity index (χ3v) is 7.71. The van der Waals surface area contributed by atoms with Gasteiger partial charge in [0.05, 0.1) is 31.0 Å². The molecule has 3 aromatic rings. The van der Waals surface area contributed by atoms with Crippen LogP contribution in [0, 0.1) is 5.82 Å². The normalized spacial score (nSPS) is 15.4. The van der Waals surface area contributed by atoms with Crippen LogP contribution in [0.2, 0.25) is 0 Å². The van der Waals surface area contributed by atoms with Crippen LogP contribution in [0.5, 0.6) is 5.75 Å². The highest BCUT2D eigenvalue weighted by Crippen LogP contribution is 2.34. The first-order chi connectivity index (χ1) is 21.5. The van der Waals surface area contributed by atoms with Gasteiger partial charge in [0.25, 0.3) is 11.8 Å². The van der Waals surface area contributed by atoms with Crippen molar-refractivity contribution in [2.45, 2.75) is 64.1 Å². The van der Waals surface area contributed by atoms with Gasteiger partial charge in [-0.2, -0.15) is 5.06 Å². The Balaban J connectivity index is 1.25. The molecule has 0 N–H and O–H groups in total. The van der Waals surface area contributed by atoms with Crippen LogP contribution < -0.4 is 9.80 Å². The summed E-state index contributed by atoms with van der Waals surface area (Å²) in [6, 6.07) is 10.8. The molecule has 1 aliphatic heterocycles. The number of benzene rings is 2. The average molecular weight is 620 g/mol. The largest absolute Gasteiger partial charge is 0.497 e. The van der Waals surface area contributed by atoms with Gasteiger partial charge in [-0.25, -0.2) is 19.2 Å². The van der Waals surface area contributed by atoms with Gasteiger partial charge in [-0.05, 0) is 82.9 Å². The van der Waals surface area contributed by atoms with E-state index in [2.05, 4.69) is 9.97 Å². The standard InChI is InChI=1S/C33H38FN5O6/c1-33(2,3)45-32(42)37-16-14-24(15-17-37)38(23-7-8-23)30(40)22-19-35-29(36-20-22)21-6-13-27(28(34)18-21)31(41)39(44-5)25-9-11-26(43-4)12-10-25/h6,9-13,18-20,23-24H,7-8,14-17H2,1-5H3. The van der Waals surface area contributed by atoms with E-state index in [1.807, 2.05) is 25.7 Å². The maximum absolute atomic E-state index is 15.2. The zero-order valence-corrected chi connectivity index (χ0v) is 26.2. The molecule has 2 aromatic carbocycles. The van der Waals surface area contributed by atoms with Gasteiger partial charge in [-0.1, -0.05) is 6.07 Å². The Morgan fingerprint density at radius 3 is 2.04 bits per heavy atom. The predicted molar refractivity (Wildman–Crippen MR) is 164 cm³/mol. The number of rotatable bonds is 8. The molecule has 3 amide bonds. The highest BCUT2D eigenvalue weighted by atomic mass is 19.1. The number of hydrogen-bond donors (Lipinski definition) is 0. The Kier molecular flexibility index (Phi) is 9.33. The van der Waals surface area contributed by atoms with Crippen LogP contribution in [-0.4, -0.2) is 82.7 Å². The van der Waals surface area contributed by atoms with Crippen molar-refractivity contribution in [1.29, 1.82) is 0 Å². The first-order valence-electron chi connectivity index (χ1n) is 14.9. The number of methoxy groups -OCH3 is 1. The Morgan fingerprint density at radius 1 is 0.889 bits per heavy atom. The second kappa shape index (κ2) is 13.2. The van der Waals surface area contributed by atoms with Gasteiger partial charge in [0.1, 0.15) is 17.2 Å². The van der Waals surface area contributed by atoms with E-state index in [0.29, 0.717) is 48.5 Å². The number of hydroxylamine groups is 1. The number of carbonyl (C=O) groups excluding carboxylic acids is 3. The van der Waals surface area contributed by atoms with Crippen molar-refractivity contribution in [3.8, 4) is 17.1 Å². The van der Waals surface area contributed by atoms with Crippen LogP contribution in [0.4, 0.5) is 14.9 Å². The Labute approximate surface area is 261 Å². The van der Waals surface area contributed by atoms with Crippen LogP contribution in [0.3, 0.4) is 0 Å². The first kappa shape index (κ1) is 31.8. The number of carbonyl (C=O) groups is 3. The molecule has 0 bridgehead atoms. The molecule has 5 rings (SSSR count). The molecule has 11 nitrogen and oxygen atoms in total. The molecule has 0 unspecified atom stereocenters. The molecule has 1 aromatic heterocycles. The number of piperidine rings is 1. The molecule has 1 saturated heterocycles. The van der Waals surface area contributed by atoms with E-state index < -0.39 is 17.3 Å². The topological polar surface area (TPSA) is 114 Å². The zero-order valence-electron chi connectivity index (χ0n) is 26.2. The van der Waals surface area contributed by atoms with Gasteiger partial charge >= 0.3 is 6.09 Å². The number of anilines is 1. The van der Waals surface area contributed by atoms with Gasteiger partial charge < -0.3 is 19.3 Å². The number of aromatic nitrogens is 2. The smallest absolute Gasteiger partial charge is 0.410 e. The van der Waals surface area contributed by atoms with E-state index in [0.717, 1.165) is 17.9 Å². The Morgan fingerprint density at radius 2 is 1.51 bits per heavy atom. The van der Waals surface area contributed by atoms with Crippen molar-refractivity contribution in [2.75, 3.05) is 32.4 Å². The monoisotopic (exact) mass is 619 g/mol. The maximum Gasteiger partial charge on any atom is 0.410 e. The molecule has 0 radical (unpaired) electrons. The average Bonchev–Trinajstić information content (AvgIpc) is 3.86. The second-order valence-electron chi connectivity index (χ2n) is 12.1. The number of nitrogens with zero attached hydrogens (tertiary/aromatic N) is 5. The minimum absolute atomic E-state index is 0.00729. The number of likely N-dealkylation sites (tertiary alicyclic amines) is 1. The summed E-state index contributed by atoms with van der Waals surface area (Å²) in [6.07, 6.45) is 5.73. The SMILES string of the molecule is COc1ccc(N(OC)C(=O)c2ccc(-c3ncc(C(=O)N(C4CC4)C4CCN(C(=O)OC(C)(C)C)CC4)cn3)cc2F)cc1. The molecule has 0 atom stereocenters. The van der Waals surface area contributed by atoms with Crippen molar-refractivity contribution >= 4 is 23.6 Å². The fraction of sp³-hybridized carbons (Fsp3) is 0.424. The molecule has 45 heavy (non-hydrogen) atoms. The van der Waals surface area contributed by atoms with E-state index in [9.17, 15) is 14.4 Å². The fourth-order valence-electron chi connectivity index (χ4n) is 5.33. The summed E-state index contributed by atoms with van der Waals surface area (Å²) in [5, 5.41) is 0.988. The van der Waals surface area contributed by atoms with Crippen LogP contribution >= 0.6 is 0 Å². The number of hydrogen-bond acceptors (Lipinski definition) is 8. The van der Waals surface area contributed by atoms with Gasteiger partial charge in [-0.3, -0.25) is 14.4 Å². The lowest BCUT2D eigenvalue weighted by molar-refractivity contribution is 0.0142. The maximum atomic E-state index is 15.2. The van der Waals surface area contributed by atoms with E-state index in [-0.39, 0.29) is 35.5 Å². The fourth-order valence-corrected chi connectivity index (χ4v) is 5.33. The lowest BCUT2D eigenvalue weighted by atomic mass is 10.0. The third-order valence-electron chi connectivity index (χ3n) is 7.71. The predicted octanol–water partition coefficient (Wildman–Crippen LogP) is 5.50. The van der Waals surface area contributed by atoms with Crippen molar-refractivity contribution in [3.63, 3.8) is 0 Å². The summed E-state index contributed by atoms with van der Waals surface area (Å²) in [4.78, 5) is 56.8. The van der Waals surface area contributed by atoms with Crippen molar-refractivity contribution in [1.82, 2.24) is 19.8 Å². The molecule has 238 valence electrons. The molecule has 2 fully saturated rings. The third kappa shape index (κ3) is 7.39. The lowest BCUT2D eigenvalue weighted by Gasteiger charge is -2.39. The molecule has 2 aliphatic rings. The highest BCUT2D eigenvalue weighted by molar-refractivity contribution is 6.05. The van der Waals surface area contributed by atoms with Crippen LogP contribution in [0.1, 0.15) is 67.2 Å². The summed E-state index contributed by atoms with van der Waals surface area (Å²) in [5.41, 5.74) is 0.336. The minimum atomic E-state index is -0.769. The summed E-state index contributed by atoms with van der Waals surface area (Å²) in [5.74, 6) is -0.802. The molecule has 1 aliphatic carbocycles. The molecule has 2 heterocycles. The number of amides is 3. The zero-order chi connectivity index (χ0) is 32.3. The molecular formula is C33H38FN5O6. The Hall–Kier alpha value is -4.58. The number of ether oxygens (including phenoxy) is 2. The van der Waals surface area contributed by atoms with Crippen LogP contribution in [0.25, 0.3) is 11.4 Å². The lowest BCUT2D eigenvalue weighted by Crippen LogP contribution is -2.50. The van der Waals surface area contributed by atoms with E-state index in [4.69, 9.17) is 14.3 Å². The summed E-state index contributed by atoms with van der Waals surface area (Å²) < 4.78 is 25.9. The summed E-state index contributed by atoms with van der Waals surface area (Å²) >= 11 is 0. The van der Waals surface area contributed by atoms with E-state index in [1.54, 1.807) is 35.2 Å². The van der Waals surface area contributed by atoms with Gasteiger partial charge in [-0.15, -0.1) is 0 Å². The van der Waals surface area contributed by atoms with Crippen LogP contribution in [0.15, 0.2) is 54.9 Å². The van der Waals surface area contributed by atoms with E-state index in [1.165, 1.54) is 38.7 Å². The first-order valence-corrected chi connectivity index (χ1v) is 14.9. The van der Waals surface area contributed by atoms with Crippen molar-refractivity contribution in [3.05, 3.63) is 71.8 Å². The number of halogens is 1. The van der Waals surface area contributed by atoms with E-state index >= 15 is 4.39 Å². The van der Waals surface area contributed by atoms with Crippen LogP contribution in [-0.2, 0) is 9.57 Å². The second-order valence-corrected chi connectivity index (χ2v) is 12.1. The summed E-state index contributed by atoms with van der Waals surface area (Å²) in [6.45, 7) is 6.54. The summed E-state index contributed by atoms with van der Waals surface area (Å²) in [7, 11) is 2.85. The highest BCUT2D eigenvalue weighted by Gasteiger charge is 2.40. The van der Waals surface area contributed by atoms with Crippen molar-refractivity contribution in [2.24, 2.45) is 0 Å². The van der Waals surface area contributed by atoms with Gasteiger partial charge in [0, 0.05) is 43.1 Å². The Bertz CT molecular complexity index is 1530. The van der Waals surface area contributed by atoms with Gasteiger partial charge in [0.2, 0.25) is 0 Å². The molecular weight excluding hydrogens is 581 g/mol. The molecule has 1 saturated carbocycles. The minimum Gasteiger partial charge on any atom is -0.497 e. The molecule has 12 heteroatoms. The quantitative estimate of drug-likeness (QED) is 0.304. The molecule has 0 spiro atoms. The van der Waals surface area contributed by atoms with Crippen molar-refractivity contribution < 1.29 is 33.1 Å².